The summed E-state index contributed by atoms with van der Waals surface area (Å²) >= 11 is 0. The molecule has 0 fully saturated rings. The highest BCUT2D eigenvalue weighted by atomic mass is 16.5. The van der Waals surface area contributed by atoms with Crippen LogP contribution in [0.4, 0.5) is 0 Å². The maximum atomic E-state index is 12.2. The number of carbonyl (C=O) groups excluding carboxylic acids is 1. The molecule has 1 aliphatic carbocycles. The van der Waals surface area contributed by atoms with Gasteiger partial charge in [0, 0.05) is 6.42 Å². The highest BCUT2D eigenvalue weighted by Gasteiger charge is 2.24. The molecule has 124 valence electrons. The fraction of sp³-hybridized carbons (Fsp3) is 0.250. The minimum Gasteiger partial charge on any atom is -0.508 e. The normalized spacial score (nSPS) is 17.3. The van der Waals surface area contributed by atoms with E-state index in [2.05, 4.69) is 0 Å². The Hall–Kier alpha value is -2.75. The molecule has 1 N–H and O–H groups in total. The van der Waals surface area contributed by atoms with Crippen molar-refractivity contribution < 1.29 is 19.4 Å². The molecule has 0 amide bonds. The van der Waals surface area contributed by atoms with Gasteiger partial charge in [-0.05, 0) is 59.4 Å². The van der Waals surface area contributed by atoms with Crippen molar-refractivity contribution >= 4 is 11.4 Å². The van der Waals surface area contributed by atoms with E-state index in [1.165, 1.54) is 0 Å². The Morgan fingerprint density at radius 1 is 0.958 bits per heavy atom. The molecule has 0 unspecified atom stereocenters. The summed E-state index contributed by atoms with van der Waals surface area (Å²) in [6, 6.07) is 12.8. The molecule has 0 aliphatic heterocycles. The van der Waals surface area contributed by atoms with Crippen LogP contribution in [0.3, 0.4) is 0 Å². The van der Waals surface area contributed by atoms with Crippen LogP contribution in [0.5, 0.6) is 17.2 Å². The fourth-order valence-corrected chi connectivity index (χ4v) is 3.11. The van der Waals surface area contributed by atoms with Gasteiger partial charge in [-0.1, -0.05) is 18.2 Å². The molecular formula is C20H20O4. The molecule has 0 heterocycles. The second-order valence-electron chi connectivity index (χ2n) is 5.90. The lowest BCUT2D eigenvalue weighted by Crippen LogP contribution is -2.12. The summed E-state index contributed by atoms with van der Waals surface area (Å²) in [6.45, 7) is 0. The molecule has 1 atom stereocenters. The minimum atomic E-state index is 0.103. The predicted octanol–water partition coefficient (Wildman–Crippen LogP) is 3.94. The number of ether oxygens (including phenoxy) is 2. The van der Waals surface area contributed by atoms with Crippen molar-refractivity contribution in [2.24, 2.45) is 0 Å². The van der Waals surface area contributed by atoms with Gasteiger partial charge in [0.1, 0.15) is 5.75 Å². The second-order valence-corrected chi connectivity index (χ2v) is 5.90. The first kappa shape index (κ1) is 16.1. The quantitative estimate of drug-likeness (QED) is 0.925. The number of allylic oxidation sites excluding steroid dienone is 2. The van der Waals surface area contributed by atoms with Crippen LogP contribution in [-0.4, -0.2) is 25.1 Å². The molecule has 4 heteroatoms. The van der Waals surface area contributed by atoms with E-state index in [1.807, 2.05) is 30.3 Å². The third-order valence-corrected chi connectivity index (χ3v) is 4.37. The fourth-order valence-electron chi connectivity index (χ4n) is 3.11. The first-order valence-electron chi connectivity index (χ1n) is 7.85. The van der Waals surface area contributed by atoms with E-state index >= 15 is 0 Å². The maximum absolute atomic E-state index is 12.2. The number of ketones is 1. The van der Waals surface area contributed by atoms with Gasteiger partial charge in [0.15, 0.2) is 17.3 Å². The van der Waals surface area contributed by atoms with Gasteiger partial charge in [-0.2, -0.15) is 0 Å². The van der Waals surface area contributed by atoms with Gasteiger partial charge in [0.2, 0.25) is 0 Å². The van der Waals surface area contributed by atoms with Crippen LogP contribution in [-0.2, 0) is 4.79 Å². The number of benzene rings is 2. The largest absolute Gasteiger partial charge is 0.508 e. The molecule has 4 nitrogen and oxygen atoms in total. The van der Waals surface area contributed by atoms with Crippen molar-refractivity contribution in [1.29, 1.82) is 0 Å². The number of phenols is 1. The Morgan fingerprint density at radius 2 is 1.67 bits per heavy atom. The number of carbonyl (C=O) groups is 1. The van der Waals surface area contributed by atoms with Gasteiger partial charge < -0.3 is 14.6 Å². The Kier molecular flexibility index (Phi) is 4.56. The lowest BCUT2D eigenvalue weighted by Gasteiger charge is -2.23. The van der Waals surface area contributed by atoms with Crippen molar-refractivity contribution in [3.05, 3.63) is 59.7 Å². The van der Waals surface area contributed by atoms with Crippen molar-refractivity contribution in [2.45, 2.75) is 18.8 Å². The smallest absolute Gasteiger partial charge is 0.160 e. The molecule has 1 aliphatic rings. The highest BCUT2D eigenvalue weighted by Crippen LogP contribution is 2.39. The Bertz CT molecular complexity index is 775. The zero-order valence-electron chi connectivity index (χ0n) is 13.8. The van der Waals surface area contributed by atoms with Crippen LogP contribution in [0.1, 0.15) is 29.9 Å². The van der Waals surface area contributed by atoms with Crippen LogP contribution in [0.25, 0.3) is 5.57 Å². The second kappa shape index (κ2) is 6.79. The lowest BCUT2D eigenvalue weighted by molar-refractivity contribution is -0.115. The number of rotatable bonds is 4. The van der Waals surface area contributed by atoms with Gasteiger partial charge in [-0.3, -0.25) is 4.79 Å². The summed E-state index contributed by atoms with van der Waals surface area (Å²) in [4.78, 5) is 12.2. The standard InChI is InChI=1S/C20H20O4/c1-23-19-8-5-14(12-20(19)24-2)16-9-15(10-18(22)11-16)13-3-6-17(21)7-4-13/h3-8,10,12,16,21H,9,11H2,1-2H3/t16-/m1/s1. The zero-order valence-corrected chi connectivity index (χ0v) is 13.8. The highest BCUT2D eigenvalue weighted by molar-refractivity contribution is 5.99. The summed E-state index contributed by atoms with van der Waals surface area (Å²) in [7, 11) is 3.21. The van der Waals surface area contributed by atoms with Gasteiger partial charge in [-0.25, -0.2) is 0 Å². The molecular weight excluding hydrogens is 304 g/mol. The molecule has 0 aromatic heterocycles. The average molecular weight is 324 g/mol. The van der Waals surface area contributed by atoms with Gasteiger partial charge in [0.05, 0.1) is 14.2 Å². The van der Waals surface area contributed by atoms with Crippen molar-refractivity contribution in [3.8, 4) is 17.2 Å². The van der Waals surface area contributed by atoms with E-state index < -0.39 is 0 Å². The molecule has 24 heavy (non-hydrogen) atoms. The van der Waals surface area contributed by atoms with E-state index in [4.69, 9.17) is 9.47 Å². The first-order chi connectivity index (χ1) is 11.6. The summed E-state index contributed by atoms with van der Waals surface area (Å²) in [6.07, 6.45) is 2.96. The molecule has 0 saturated carbocycles. The van der Waals surface area contributed by atoms with E-state index in [9.17, 15) is 9.90 Å². The monoisotopic (exact) mass is 324 g/mol. The summed E-state index contributed by atoms with van der Waals surface area (Å²) in [5, 5.41) is 9.43. The van der Waals surface area contributed by atoms with Crippen LogP contribution in [0.2, 0.25) is 0 Å². The van der Waals surface area contributed by atoms with E-state index in [0.29, 0.717) is 17.9 Å². The Labute approximate surface area is 141 Å². The average Bonchev–Trinajstić information content (AvgIpc) is 2.61. The molecule has 2 aromatic carbocycles. The molecule has 0 spiro atoms. The van der Waals surface area contributed by atoms with E-state index in [1.54, 1.807) is 32.4 Å². The number of methoxy groups -OCH3 is 2. The molecule has 3 rings (SSSR count). The Balaban J connectivity index is 1.89. The summed E-state index contributed by atoms with van der Waals surface area (Å²) < 4.78 is 10.6. The molecule has 0 radical (unpaired) electrons. The third kappa shape index (κ3) is 3.27. The van der Waals surface area contributed by atoms with Crippen molar-refractivity contribution in [1.82, 2.24) is 0 Å². The van der Waals surface area contributed by atoms with Gasteiger partial charge >= 0.3 is 0 Å². The van der Waals surface area contributed by atoms with E-state index in [0.717, 1.165) is 23.1 Å². The topological polar surface area (TPSA) is 55.8 Å². The van der Waals surface area contributed by atoms with Crippen LogP contribution in [0, 0.1) is 0 Å². The van der Waals surface area contributed by atoms with Gasteiger partial charge in [-0.15, -0.1) is 0 Å². The number of phenolic OH excluding ortho intramolecular Hbond substituents is 1. The predicted molar refractivity (Wildman–Crippen MR) is 92.6 cm³/mol. The Morgan fingerprint density at radius 3 is 2.33 bits per heavy atom. The SMILES string of the molecule is COc1ccc([C@H]2CC(=O)C=C(c3ccc(O)cc3)C2)cc1OC. The summed E-state index contributed by atoms with van der Waals surface area (Å²) in [5.41, 5.74) is 3.02. The molecule has 0 bridgehead atoms. The minimum absolute atomic E-state index is 0.103. The zero-order chi connectivity index (χ0) is 17.1. The van der Waals surface area contributed by atoms with Crippen molar-refractivity contribution in [2.75, 3.05) is 14.2 Å². The third-order valence-electron chi connectivity index (χ3n) is 4.37. The van der Waals surface area contributed by atoms with E-state index in [-0.39, 0.29) is 17.5 Å². The lowest BCUT2D eigenvalue weighted by atomic mass is 9.81. The van der Waals surface area contributed by atoms with Gasteiger partial charge in [0.25, 0.3) is 0 Å². The summed E-state index contributed by atoms with van der Waals surface area (Å²) in [5.74, 6) is 1.79. The first-order valence-corrected chi connectivity index (χ1v) is 7.85. The number of hydrogen-bond acceptors (Lipinski definition) is 4. The molecule has 0 saturated heterocycles. The number of aromatic hydroxyl groups is 1. The molecule has 2 aromatic rings. The van der Waals surface area contributed by atoms with Crippen LogP contribution in [0.15, 0.2) is 48.5 Å². The maximum Gasteiger partial charge on any atom is 0.160 e. The number of hydrogen-bond donors (Lipinski definition) is 1. The van der Waals surface area contributed by atoms with Crippen LogP contribution >= 0.6 is 0 Å². The van der Waals surface area contributed by atoms with Crippen molar-refractivity contribution in [3.63, 3.8) is 0 Å². The van der Waals surface area contributed by atoms with Crippen LogP contribution < -0.4 is 9.47 Å².